The van der Waals surface area contributed by atoms with Crippen molar-refractivity contribution < 1.29 is 19.1 Å². The van der Waals surface area contributed by atoms with Crippen LogP contribution in [0.3, 0.4) is 0 Å². The van der Waals surface area contributed by atoms with E-state index in [0.717, 1.165) is 43.1 Å². The predicted molar refractivity (Wildman–Crippen MR) is 157 cm³/mol. The number of hydrogen-bond acceptors (Lipinski definition) is 4. The summed E-state index contributed by atoms with van der Waals surface area (Å²) >= 11 is 0. The first-order valence-corrected chi connectivity index (χ1v) is 13.0. The normalized spacial score (nSPS) is 14.7. The molecule has 1 saturated heterocycles. The highest BCUT2D eigenvalue weighted by Crippen LogP contribution is 2.33. The van der Waals surface area contributed by atoms with Crippen LogP contribution in [0.4, 0.5) is 10.5 Å². The van der Waals surface area contributed by atoms with Gasteiger partial charge in [0.2, 0.25) is 0 Å². The molecule has 5 aromatic rings. The molecule has 6 heteroatoms. The van der Waals surface area contributed by atoms with E-state index in [-0.39, 0.29) is 5.57 Å². The lowest BCUT2D eigenvalue weighted by Gasteiger charge is -2.27. The van der Waals surface area contributed by atoms with Crippen molar-refractivity contribution in [1.29, 1.82) is 0 Å². The molecule has 196 valence electrons. The van der Waals surface area contributed by atoms with E-state index in [0.29, 0.717) is 23.6 Å². The van der Waals surface area contributed by atoms with E-state index in [1.807, 2.05) is 67.6 Å². The van der Waals surface area contributed by atoms with Gasteiger partial charge in [-0.25, -0.2) is 9.69 Å². The second-order valence-electron chi connectivity index (χ2n) is 9.81. The zero-order chi connectivity index (χ0) is 27.8. The number of nitrogens with zero attached hydrogens (tertiary/aromatic N) is 1. The Bertz CT molecular complexity index is 1870. The molecule has 0 bridgehead atoms. The molecular weight excluding hydrogens is 500 g/mol. The standard InChI is InChI=1S/C34H26N2O4/c1-21-15-16-23-10-5-7-13-26(23)29(21)20-40-31-18-17-24-11-4-6-12-25(24)27(31)19-28-32(37)35-34(39)36(33(28)38)30-14-8-3-9-22(30)2/h3-19H,20H2,1-2H3,(H,35,37,39)/b28-19+. The molecule has 0 aromatic heterocycles. The number of nitrogens with one attached hydrogen (secondary N) is 1. The first kappa shape index (κ1) is 25.1. The molecule has 1 fully saturated rings. The van der Waals surface area contributed by atoms with Gasteiger partial charge in [-0.2, -0.15) is 0 Å². The van der Waals surface area contributed by atoms with Crippen LogP contribution >= 0.6 is 0 Å². The highest BCUT2D eigenvalue weighted by atomic mass is 16.5. The summed E-state index contributed by atoms with van der Waals surface area (Å²) in [4.78, 5) is 40.4. The molecule has 6 rings (SSSR count). The minimum Gasteiger partial charge on any atom is -0.488 e. The molecule has 40 heavy (non-hydrogen) atoms. The van der Waals surface area contributed by atoms with E-state index in [9.17, 15) is 14.4 Å². The summed E-state index contributed by atoms with van der Waals surface area (Å²) in [5.74, 6) is -0.908. The Labute approximate surface area is 231 Å². The number of para-hydroxylation sites is 1. The van der Waals surface area contributed by atoms with E-state index < -0.39 is 17.8 Å². The monoisotopic (exact) mass is 526 g/mol. The van der Waals surface area contributed by atoms with E-state index in [4.69, 9.17) is 4.74 Å². The summed E-state index contributed by atoms with van der Waals surface area (Å²) in [5.41, 5.74) is 3.77. The SMILES string of the molecule is Cc1ccccc1N1C(=O)NC(=O)/C(=C\c2c(OCc3c(C)ccc4ccccc34)ccc3ccccc23)C1=O. The summed E-state index contributed by atoms with van der Waals surface area (Å²) in [6.07, 6.45) is 1.53. The number of benzene rings is 5. The maximum atomic E-state index is 13.7. The topological polar surface area (TPSA) is 75.7 Å². The number of imide groups is 2. The van der Waals surface area contributed by atoms with Gasteiger partial charge in [0.1, 0.15) is 17.9 Å². The Kier molecular flexibility index (Phi) is 6.36. The summed E-state index contributed by atoms with van der Waals surface area (Å²) < 4.78 is 6.42. The van der Waals surface area contributed by atoms with Crippen molar-refractivity contribution in [2.45, 2.75) is 20.5 Å². The van der Waals surface area contributed by atoms with Crippen LogP contribution in [0.1, 0.15) is 22.3 Å². The molecule has 0 radical (unpaired) electrons. The number of amides is 4. The number of carbonyl (C=O) groups is 3. The van der Waals surface area contributed by atoms with Gasteiger partial charge >= 0.3 is 6.03 Å². The number of barbiturate groups is 1. The molecule has 0 spiro atoms. The molecule has 5 aromatic carbocycles. The van der Waals surface area contributed by atoms with Gasteiger partial charge in [-0.15, -0.1) is 0 Å². The average molecular weight is 527 g/mol. The fourth-order valence-electron chi connectivity index (χ4n) is 5.17. The average Bonchev–Trinajstić information content (AvgIpc) is 2.96. The quantitative estimate of drug-likeness (QED) is 0.201. The van der Waals surface area contributed by atoms with Crippen molar-refractivity contribution in [3.8, 4) is 5.75 Å². The highest BCUT2D eigenvalue weighted by molar-refractivity contribution is 6.39. The lowest BCUT2D eigenvalue weighted by Crippen LogP contribution is -2.54. The number of fused-ring (bicyclic) bond motifs is 2. The molecule has 1 aliphatic heterocycles. The molecule has 0 aliphatic carbocycles. The van der Waals surface area contributed by atoms with Gasteiger partial charge in [0, 0.05) is 11.1 Å². The molecule has 1 heterocycles. The number of anilines is 1. The van der Waals surface area contributed by atoms with Crippen molar-refractivity contribution in [1.82, 2.24) is 5.32 Å². The molecule has 0 atom stereocenters. The number of ether oxygens (including phenoxy) is 1. The first-order valence-electron chi connectivity index (χ1n) is 13.0. The number of aryl methyl sites for hydroxylation is 2. The third-order valence-corrected chi connectivity index (χ3v) is 7.32. The van der Waals surface area contributed by atoms with E-state index in [1.165, 1.54) is 6.08 Å². The summed E-state index contributed by atoms with van der Waals surface area (Å²) in [5, 5.41) is 6.31. The third-order valence-electron chi connectivity index (χ3n) is 7.32. The van der Waals surface area contributed by atoms with Gasteiger partial charge < -0.3 is 4.74 Å². The number of hydrogen-bond donors (Lipinski definition) is 1. The van der Waals surface area contributed by atoms with Crippen LogP contribution in [0.5, 0.6) is 5.75 Å². The summed E-state index contributed by atoms with van der Waals surface area (Å²) in [6.45, 7) is 4.16. The Balaban J connectivity index is 1.45. The van der Waals surface area contributed by atoms with Crippen LogP contribution in [0.2, 0.25) is 0 Å². The number of carbonyl (C=O) groups excluding carboxylic acids is 3. The fraction of sp³-hybridized carbons (Fsp3) is 0.0882. The highest BCUT2D eigenvalue weighted by Gasteiger charge is 2.37. The van der Waals surface area contributed by atoms with Crippen molar-refractivity contribution in [2.24, 2.45) is 0 Å². The Morgan fingerprint density at radius 3 is 2.15 bits per heavy atom. The van der Waals surface area contributed by atoms with Crippen LogP contribution in [-0.2, 0) is 16.2 Å². The third kappa shape index (κ3) is 4.39. The van der Waals surface area contributed by atoms with Crippen LogP contribution in [-0.4, -0.2) is 17.8 Å². The minimum absolute atomic E-state index is 0.148. The second kappa shape index (κ2) is 10.2. The number of urea groups is 1. The van der Waals surface area contributed by atoms with Gasteiger partial charge in [-0.3, -0.25) is 14.9 Å². The van der Waals surface area contributed by atoms with Crippen LogP contribution in [0.25, 0.3) is 27.6 Å². The minimum atomic E-state index is -0.776. The zero-order valence-corrected chi connectivity index (χ0v) is 22.1. The zero-order valence-electron chi connectivity index (χ0n) is 22.1. The van der Waals surface area contributed by atoms with Gasteiger partial charge in [0.15, 0.2) is 0 Å². The predicted octanol–water partition coefficient (Wildman–Crippen LogP) is 6.86. The van der Waals surface area contributed by atoms with Crippen molar-refractivity contribution >= 4 is 51.2 Å². The Morgan fingerprint density at radius 2 is 1.38 bits per heavy atom. The molecular formula is C34H26N2O4. The van der Waals surface area contributed by atoms with Gasteiger partial charge in [-0.1, -0.05) is 84.9 Å². The maximum Gasteiger partial charge on any atom is 0.335 e. The van der Waals surface area contributed by atoms with Crippen molar-refractivity contribution in [3.05, 3.63) is 125 Å². The molecule has 1 aliphatic rings. The smallest absolute Gasteiger partial charge is 0.335 e. The maximum absolute atomic E-state index is 13.7. The fourth-order valence-corrected chi connectivity index (χ4v) is 5.17. The molecule has 6 nitrogen and oxygen atoms in total. The first-order chi connectivity index (χ1) is 19.4. The second-order valence-corrected chi connectivity index (χ2v) is 9.81. The van der Waals surface area contributed by atoms with Crippen molar-refractivity contribution in [2.75, 3.05) is 4.90 Å². The molecule has 4 amide bonds. The summed E-state index contributed by atoms with van der Waals surface area (Å²) in [6, 6.07) is 30.1. The largest absolute Gasteiger partial charge is 0.488 e. The van der Waals surface area contributed by atoms with Gasteiger partial charge in [0.05, 0.1) is 5.69 Å². The van der Waals surface area contributed by atoms with Gasteiger partial charge in [-0.05, 0) is 64.7 Å². The molecule has 0 unspecified atom stereocenters. The summed E-state index contributed by atoms with van der Waals surface area (Å²) in [7, 11) is 0. The van der Waals surface area contributed by atoms with Crippen LogP contribution in [0, 0.1) is 13.8 Å². The van der Waals surface area contributed by atoms with Gasteiger partial charge in [0.25, 0.3) is 11.8 Å². The Morgan fingerprint density at radius 1 is 0.725 bits per heavy atom. The van der Waals surface area contributed by atoms with Crippen LogP contribution in [0.15, 0.2) is 103 Å². The van der Waals surface area contributed by atoms with Crippen molar-refractivity contribution in [3.63, 3.8) is 0 Å². The van der Waals surface area contributed by atoms with Crippen LogP contribution < -0.4 is 15.0 Å². The Hall–Kier alpha value is -5.23. The van der Waals surface area contributed by atoms with E-state index in [1.54, 1.807) is 12.1 Å². The number of rotatable bonds is 5. The molecule has 0 saturated carbocycles. The lowest BCUT2D eigenvalue weighted by molar-refractivity contribution is -0.122. The van der Waals surface area contributed by atoms with E-state index >= 15 is 0 Å². The lowest BCUT2D eigenvalue weighted by atomic mass is 9.99. The van der Waals surface area contributed by atoms with E-state index in [2.05, 4.69) is 36.5 Å². The molecule has 1 N–H and O–H groups in total.